The Hall–Kier alpha value is -1.07. The molecule has 1 atom stereocenters. The summed E-state index contributed by atoms with van der Waals surface area (Å²) < 4.78 is 0. The maximum absolute atomic E-state index is 12.7. The van der Waals surface area contributed by atoms with Crippen LogP contribution in [0.15, 0.2) is 41.8 Å². The van der Waals surface area contributed by atoms with E-state index in [-0.39, 0.29) is 24.4 Å². The quantitative estimate of drug-likeness (QED) is 0.832. The van der Waals surface area contributed by atoms with E-state index >= 15 is 0 Å². The van der Waals surface area contributed by atoms with E-state index in [1.54, 1.807) is 11.3 Å². The van der Waals surface area contributed by atoms with Crippen LogP contribution in [0.5, 0.6) is 0 Å². The van der Waals surface area contributed by atoms with Gasteiger partial charge in [0.05, 0.1) is 6.04 Å². The van der Waals surface area contributed by atoms with E-state index in [1.807, 2.05) is 23.1 Å². The molecule has 1 saturated heterocycles. The normalized spacial score (nSPS) is 17.4. The second-order valence-electron chi connectivity index (χ2n) is 5.79. The first-order valence-electron chi connectivity index (χ1n) is 8.02. The highest BCUT2D eigenvalue weighted by Gasteiger charge is 2.27. The van der Waals surface area contributed by atoms with Crippen molar-refractivity contribution in [2.75, 3.05) is 19.6 Å². The molecule has 0 radical (unpaired) electrons. The van der Waals surface area contributed by atoms with Gasteiger partial charge in [-0.15, -0.1) is 23.7 Å². The number of benzene rings is 1. The van der Waals surface area contributed by atoms with Crippen LogP contribution in [0.2, 0.25) is 5.02 Å². The van der Waals surface area contributed by atoms with Gasteiger partial charge in [-0.25, -0.2) is 0 Å². The van der Waals surface area contributed by atoms with Crippen LogP contribution in [0.25, 0.3) is 0 Å². The van der Waals surface area contributed by atoms with E-state index < -0.39 is 0 Å². The van der Waals surface area contributed by atoms with Crippen molar-refractivity contribution < 1.29 is 4.79 Å². The SMILES string of the molecule is Cl.O=C(CCCc1cccs1)N1CCNCC1c1cccc(Cl)c1. The van der Waals surface area contributed by atoms with Crippen LogP contribution in [0.3, 0.4) is 0 Å². The number of hydrogen-bond acceptors (Lipinski definition) is 3. The Morgan fingerprint density at radius 2 is 2.21 bits per heavy atom. The van der Waals surface area contributed by atoms with Crippen LogP contribution in [0.4, 0.5) is 0 Å². The molecular weight excluding hydrogens is 363 g/mol. The van der Waals surface area contributed by atoms with Crippen LogP contribution in [-0.4, -0.2) is 30.4 Å². The third-order valence-electron chi connectivity index (χ3n) is 4.19. The van der Waals surface area contributed by atoms with Crippen molar-refractivity contribution in [1.29, 1.82) is 0 Å². The molecule has 1 amide bonds. The Labute approximate surface area is 158 Å². The van der Waals surface area contributed by atoms with Crippen molar-refractivity contribution in [3.63, 3.8) is 0 Å². The minimum Gasteiger partial charge on any atom is -0.333 e. The zero-order valence-corrected chi connectivity index (χ0v) is 15.8. The maximum atomic E-state index is 12.7. The summed E-state index contributed by atoms with van der Waals surface area (Å²) in [5.41, 5.74) is 1.11. The van der Waals surface area contributed by atoms with Gasteiger partial charge in [-0.05, 0) is 42.0 Å². The Morgan fingerprint density at radius 3 is 2.96 bits per heavy atom. The third kappa shape index (κ3) is 4.96. The van der Waals surface area contributed by atoms with E-state index in [0.29, 0.717) is 6.42 Å². The molecule has 3 rings (SSSR count). The predicted octanol–water partition coefficient (Wildman–Crippen LogP) is 4.32. The van der Waals surface area contributed by atoms with Crippen molar-refractivity contribution in [2.45, 2.75) is 25.3 Å². The highest BCUT2D eigenvalue weighted by Crippen LogP contribution is 2.25. The van der Waals surface area contributed by atoms with Crippen LogP contribution in [0.1, 0.15) is 29.3 Å². The van der Waals surface area contributed by atoms with Crippen molar-refractivity contribution in [3.05, 3.63) is 57.2 Å². The van der Waals surface area contributed by atoms with E-state index in [4.69, 9.17) is 11.6 Å². The number of thiophene rings is 1. The van der Waals surface area contributed by atoms with Gasteiger partial charge in [0.15, 0.2) is 0 Å². The van der Waals surface area contributed by atoms with Crippen LogP contribution in [-0.2, 0) is 11.2 Å². The molecule has 1 aromatic heterocycles. The average molecular weight is 385 g/mol. The zero-order valence-electron chi connectivity index (χ0n) is 13.4. The molecule has 2 aromatic rings. The number of hydrogen-bond donors (Lipinski definition) is 1. The molecule has 1 unspecified atom stereocenters. The maximum Gasteiger partial charge on any atom is 0.223 e. The molecule has 0 spiro atoms. The number of rotatable bonds is 5. The fourth-order valence-corrected chi connectivity index (χ4v) is 3.98. The van der Waals surface area contributed by atoms with Gasteiger partial charge in [-0.2, -0.15) is 0 Å². The van der Waals surface area contributed by atoms with Crippen LogP contribution in [0, 0.1) is 0 Å². The highest BCUT2D eigenvalue weighted by atomic mass is 35.5. The summed E-state index contributed by atoms with van der Waals surface area (Å²) in [6.45, 7) is 2.40. The molecule has 3 nitrogen and oxygen atoms in total. The summed E-state index contributed by atoms with van der Waals surface area (Å²) in [7, 11) is 0. The molecule has 0 bridgehead atoms. The van der Waals surface area contributed by atoms with Crippen molar-refractivity contribution in [2.24, 2.45) is 0 Å². The number of piperazine rings is 1. The average Bonchev–Trinajstić information content (AvgIpc) is 3.08. The monoisotopic (exact) mass is 384 g/mol. The third-order valence-corrected chi connectivity index (χ3v) is 5.36. The molecule has 1 N–H and O–H groups in total. The number of carbonyl (C=O) groups is 1. The van der Waals surface area contributed by atoms with Gasteiger partial charge in [0.25, 0.3) is 0 Å². The summed E-state index contributed by atoms with van der Waals surface area (Å²) in [5, 5.41) is 6.19. The number of halogens is 2. The molecule has 6 heteroatoms. The molecule has 1 aromatic carbocycles. The molecule has 1 aliphatic heterocycles. The van der Waals surface area contributed by atoms with Gasteiger partial charge >= 0.3 is 0 Å². The lowest BCUT2D eigenvalue weighted by molar-refractivity contribution is -0.134. The predicted molar refractivity (Wildman–Crippen MR) is 103 cm³/mol. The topological polar surface area (TPSA) is 32.3 Å². The Balaban J connectivity index is 0.00000208. The molecule has 0 aliphatic carbocycles. The molecule has 0 saturated carbocycles. The van der Waals surface area contributed by atoms with Gasteiger partial charge in [0, 0.05) is 36.0 Å². The Kier molecular flexibility index (Phi) is 7.56. The summed E-state index contributed by atoms with van der Waals surface area (Å²) >= 11 is 7.87. The molecule has 1 fully saturated rings. The van der Waals surface area contributed by atoms with Gasteiger partial charge in [0.2, 0.25) is 5.91 Å². The summed E-state index contributed by atoms with van der Waals surface area (Å²) in [5.74, 6) is 0.244. The van der Waals surface area contributed by atoms with Crippen LogP contribution >= 0.6 is 35.3 Å². The van der Waals surface area contributed by atoms with E-state index in [9.17, 15) is 4.79 Å². The number of amides is 1. The molecular formula is C18H22Cl2N2OS. The van der Waals surface area contributed by atoms with Crippen molar-refractivity contribution in [3.8, 4) is 0 Å². The summed E-state index contributed by atoms with van der Waals surface area (Å²) in [4.78, 5) is 16.0. The summed E-state index contributed by atoms with van der Waals surface area (Å²) in [6.07, 6.45) is 2.50. The van der Waals surface area contributed by atoms with Crippen LogP contribution < -0.4 is 5.32 Å². The first-order valence-corrected chi connectivity index (χ1v) is 9.28. The largest absolute Gasteiger partial charge is 0.333 e. The minimum absolute atomic E-state index is 0. The molecule has 130 valence electrons. The number of nitrogens with zero attached hydrogens (tertiary/aromatic N) is 1. The van der Waals surface area contributed by atoms with Crippen molar-refractivity contribution >= 4 is 41.3 Å². The number of aryl methyl sites for hydroxylation is 1. The van der Waals surface area contributed by atoms with E-state index in [0.717, 1.165) is 43.1 Å². The van der Waals surface area contributed by atoms with E-state index in [2.05, 4.69) is 28.9 Å². The van der Waals surface area contributed by atoms with Gasteiger partial charge in [-0.1, -0.05) is 29.8 Å². The molecule has 2 heterocycles. The zero-order chi connectivity index (χ0) is 16.1. The second-order valence-corrected chi connectivity index (χ2v) is 7.26. The number of carbonyl (C=O) groups excluding carboxylic acids is 1. The van der Waals surface area contributed by atoms with Gasteiger partial charge < -0.3 is 10.2 Å². The van der Waals surface area contributed by atoms with E-state index in [1.165, 1.54) is 4.88 Å². The minimum atomic E-state index is 0. The standard InChI is InChI=1S/C18H21ClN2OS.ClH/c19-15-5-1-4-14(12-15)17-13-20-9-10-21(17)18(22)8-2-6-16-7-3-11-23-16;/h1,3-5,7,11-12,17,20H,2,6,8-10,13H2;1H. The second kappa shape index (κ2) is 9.42. The van der Waals surface area contributed by atoms with Gasteiger partial charge in [0.1, 0.15) is 0 Å². The van der Waals surface area contributed by atoms with Gasteiger partial charge in [-0.3, -0.25) is 4.79 Å². The number of nitrogens with one attached hydrogen (secondary N) is 1. The first kappa shape index (κ1) is 19.3. The lowest BCUT2D eigenvalue weighted by Crippen LogP contribution is -2.48. The summed E-state index contributed by atoms with van der Waals surface area (Å²) in [6, 6.07) is 12.1. The fraction of sp³-hybridized carbons (Fsp3) is 0.389. The Morgan fingerprint density at radius 1 is 1.33 bits per heavy atom. The molecule has 24 heavy (non-hydrogen) atoms. The van der Waals surface area contributed by atoms with Crippen molar-refractivity contribution in [1.82, 2.24) is 10.2 Å². The fourth-order valence-electron chi connectivity index (χ4n) is 3.03. The lowest BCUT2D eigenvalue weighted by Gasteiger charge is -2.36. The lowest BCUT2D eigenvalue weighted by atomic mass is 10.0. The molecule has 1 aliphatic rings. The first-order chi connectivity index (χ1) is 11.2. The smallest absolute Gasteiger partial charge is 0.223 e. The Bertz CT molecular complexity index is 648. The highest BCUT2D eigenvalue weighted by molar-refractivity contribution is 7.09.